The Morgan fingerprint density at radius 2 is 2.25 bits per heavy atom. The number of carbonyl (C=O) groups is 1. The Morgan fingerprint density at radius 3 is 2.95 bits per heavy atom. The lowest BCUT2D eigenvalue weighted by Crippen LogP contribution is -2.47. The molecule has 1 fully saturated rings. The molecule has 2 rings (SSSR count). The molecule has 4 heteroatoms. The quantitative estimate of drug-likeness (QED) is 0.840. The minimum absolute atomic E-state index is 0.0171. The molecule has 0 radical (unpaired) electrons. The maximum absolute atomic E-state index is 11.9. The molecule has 1 aliphatic carbocycles. The summed E-state index contributed by atoms with van der Waals surface area (Å²) in [5, 5.41) is 0. The van der Waals surface area contributed by atoms with Crippen LogP contribution < -0.4 is 10.5 Å². The van der Waals surface area contributed by atoms with E-state index in [0.717, 1.165) is 18.6 Å². The van der Waals surface area contributed by atoms with E-state index in [2.05, 4.69) is 13.0 Å². The highest BCUT2D eigenvalue weighted by atomic mass is 16.5. The average molecular weight is 277 g/mol. The Hall–Kier alpha value is -1.55. The first kappa shape index (κ1) is 14.9. The molecule has 0 bridgehead atoms. The summed E-state index contributed by atoms with van der Waals surface area (Å²) in [5.74, 6) is 0.538. The van der Waals surface area contributed by atoms with Crippen LogP contribution in [0.2, 0.25) is 0 Å². The van der Waals surface area contributed by atoms with Gasteiger partial charge >= 0.3 is 5.97 Å². The van der Waals surface area contributed by atoms with Gasteiger partial charge in [0.05, 0.1) is 6.61 Å². The number of aryl methyl sites for hydroxylation is 1. The minimum Gasteiger partial charge on any atom is -0.490 e. The molecule has 1 aromatic rings. The van der Waals surface area contributed by atoms with Crippen molar-refractivity contribution in [1.29, 1.82) is 0 Å². The summed E-state index contributed by atoms with van der Waals surface area (Å²) < 4.78 is 11.0. The van der Waals surface area contributed by atoms with E-state index in [0.29, 0.717) is 19.4 Å². The monoisotopic (exact) mass is 277 g/mol. The molecule has 110 valence electrons. The van der Waals surface area contributed by atoms with Crippen LogP contribution in [-0.2, 0) is 16.0 Å². The number of ether oxygens (including phenoxy) is 2. The summed E-state index contributed by atoms with van der Waals surface area (Å²) in [6, 6.07) is 8.05. The smallest absolute Gasteiger partial charge is 0.326 e. The van der Waals surface area contributed by atoms with Gasteiger partial charge in [0.15, 0.2) is 0 Å². The van der Waals surface area contributed by atoms with Crippen molar-refractivity contribution in [2.45, 2.75) is 51.2 Å². The van der Waals surface area contributed by atoms with E-state index in [4.69, 9.17) is 15.2 Å². The number of rotatable bonds is 5. The third kappa shape index (κ3) is 3.31. The lowest BCUT2D eigenvalue weighted by atomic mass is 9.99. The first-order valence-electron chi connectivity index (χ1n) is 7.29. The first-order valence-corrected chi connectivity index (χ1v) is 7.29. The average Bonchev–Trinajstić information content (AvgIpc) is 2.82. The second kappa shape index (κ2) is 6.27. The van der Waals surface area contributed by atoms with Gasteiger partial charge in [-0.1, -0.05) is 19.1 Å². The van der Waals surface area contributed by atoms with Crippen molar-refractivity contribution in [3.05, 3.63) is 29.8 Å². The predicted octanol–water partition coefficient (Wildman–Crippen LogP) is 2.44. The molecule has 4 nitrogen and oxygen atoms in total. The maximum Gasteiger partial charge on any atom is 0.326 e. The Labute approximate surface area is 120 Å². The van der Waals surface area contributed by atoms with Crippen molar-refractivity contribution in [3.63, 3.8) is 0 Å². The minimum atomic E-state index is -0.886. The van der Waals surface area contributed by atoms with Crippen molar-refractivity contribution >= 4 is 5.97 Å². The van der Waals surface area contributed by atoms with E-state index in [1.165, 1.54) is 5.56 Å². The highest BCUT2D eigenvalue weighted by Crippen LogP contribution is 2.32. The standard InChI is InChI=1S/C16H23NO3/c1-3-12-6-5-7-13(10-12)20-14-8-9-16(17,11-14)15(18)19-4-2/h5-7,10,14H,3-4,8-9,11,17H2,1-2H3. The van der Waals surface area contributed by atoms with Gasteiger partial charge in [-0.05, 0) is 43.9 Å². The SMILES string of the molecule is CCOC(=O)C1(N)CCC(Oc2cccc(CC)c2)C1. The number of benzene rings is 1. The Kier molecular flexibility index (Phi) is 4.65. The van der Waals surface area contributed by atoms with Crippen molar-refractivity contribution in [2.75, 3.05) is 6.61 Å². The molecule has 20 heavy (non-hydrogen) atoms. The fourth-order valence-electron chi connectivity index (χ4n) is 2.62. The van der Waals surface area contributed by atoms with Crippen LogP contribution in [0.25, 0.3) is 0 Å². The zero-order chi connectivity index (χ0) is 14.6. The van der Waals surface area contributed by atoms with Crippen LogP contribution in [0.5, 0.6) is 5.75 Å². The summed E-state index contributed by atoms with van der Waals surface area (Å²) in [6.07, 6.45) is 2.88. The molecule has 2 unspecified atom stereocenters. The largest absolute Gasteiger partial charge is 0.490 e. The summed E-state index contributed by atoms with van der Waals surface area (Å²) in [7, 11) is 0. The second-order valence-corrected chi connectivity index (χ2v) is 5.36. The maximum atomic E-state index is 11.9. The molecular formula is C16H23NO3. The van der Waals surface area contributed by atoms with Crippen molar-refractivity contribution in [2.24, 2.45) is 5.73 Å². The van der Waals surface area contributed by atoms with Crippen LogP contribution in [0.3, 0.4) is 0 Å². The van der Waals surface area contributed by atoms with Crippen LogP contribution in [0.1, 0.15) is 38.7 Å². The van der Waals surface area contributed by atoms with Gasteiger partial charge in [0.25, 0.3) is 0 Å². The zero-order valence-corrected chi connectivity index (χ0v) is 12.2. The molecule has 0 aliphatic heterocycles. The second-order valence-electron chi connectivity index (χ2n) is 5.36. The number of carbonyl (C=O) groups excluding carboxylic acids is 1. The first-order chi connectivity index (χ1) is 9.57. The van der Waals surface area contributed by atoms with E-state index in [-0.39, 0.29) is 12.1 Å². The molecule has 2 N–H and O–H groups in total. The lowest BCUT2D eigenvalue weighted by molar-refractivity contribution is -0.149. The highest BCUT2D eigenvalue weighted by molar-refractivity contribution is 5.81. The van der Waals surface area contributed by atoms with Crippen molar-refractivity contribution in [3.8, 4) is 5.75 Å². The molecule has 0 spiro atoms. The van der Waals surface area contributed by atoms with Gasteiger partial charge in [-0.15, -0.1) is 0 Å². The fraction of sp³-hybridized carbons (Fsp3) is 0.562. The van der Waals surface area contributed by atoms with Crippen LogP contribution in [-0.4, -0.2) is 24.2 Å². The van der Waals surface area contributed by atoms with Gasteiger partial charge in [0.1, 0.15) is 17.4 Å². The third-order valence-electron chi connectivity index (χ3n) is 3.80. The van der Waals surface area contributed by atoms with E-state index in [1.54, 1.807) is 6.92 Å². The highest BCUT2D eigenvalue weighted by Gasteiger charge is 2.44. The molecule has 0 heterocycles. The van der Waals surface area contributed by atoms with E-state index in [1.807, 2.05) is 18.2 Å². The van der Waals surface area contributed by atoms with Crippen molar-refractivity contribution < 1.29 is 14.3 Å². The molecule has 1 aliphatic rings. The topological polar surface area (TPSA) is 61.5 Å². The Morgan fingerprint density at radius 1 is 1.45 bits per heavy atom. The lowest BCUT2D eigenvalue weighted by Gasteiger charge is -2.21. The van der Waals surface area contributed by atoms with Crippen LogP contribution >= 0.6 is 0 Å². The number of esters is 1. The molecule has 1 saturated carbocycles. The van der Waals surface area contributed by atoms with E-state index in [9.17, 15) is 4.79 Å². The van der Waals surface area contributed by atoms with E-state index < -0.39 is 5.54 Å². The normalized spacial score (nSPS) is 25.4. The van der Waals surface area contributed by atoms with Gasteiger partial charge < -0.3 is 15.2 Å². The van der Waals surface area contributed by atoms with Crippen molar-refractivity contribution in [1.82, 2.24) is 0 Å². The molecular weight excluding hydrogens is 254 g/mol. The molecule has 0 saturated heterocycles. The summed E-state index contributed by atoms with van der Waals surface area (Å²) in [6.45, 7) is 4.27. The Bertz CT molecular complexity index is 475. The molecule has 2 atom stereocenters. The summed E-state index contributed by atoms with van der Waals surface area (Å²) in [4.78, 5) is 11.9. The predicted molar refractivity (Wildman–Crippen MR) is 77.6 cm³/mol. The molecule has 0 aromatic heterocycles. The van der Waals surface area contributed by atoms with Gasteiger partial charge in [-0.2, -0.15) is 0 Å². The number of hydrogen-bond acceptors (Lipinski definition) is 4. The zero-order valence-electron chi connectivity index (χ0n) is 12.2. The molecule has 1 aromatic carbocycles. The van der Waals surface area contributed by atoms with Crippen LogP contribution in [0.4, 0.5) is 0 Å². The molecule has 0 amide bonds. The van der Waals surface area contributed by atoms with Crippen LogP contribution in [0.15, 0.2) is 24.3 Å². The van der Waals surface area contributed by atoms with Gasteiger partial charge in [0, 0.05) is 6.42 Å². The summed E-state index contributed by atoms with van der Waals surface area (Å²) >= 11 is 0. The van der Waals surface area contributed by atoms with Gasteiger partial charge in [-0.3, -0.25) is 4.79 Å². The van der Waals surface area contributed by atoms with Gasteiger partial charge in [-0.25, -0.2) is 0 Å². The number of hydrogen-bond donors (Lipinski definition) is 1. The van der Waals surface area contributed by atoms with Crippen LogP contribution in [0, 0.1) is 0 Å². The third-order valence-corrected chi connectivity index (χ3v) is 3.80. The number of nitrogens with two attached hydrogens (primary N) is 1. The summed E-state index contributed by atoms with van der Waals surface area (Å²) in [5.41, 5.74) is 6.49. The fourth-order valence-corrected chi connectivity index (χ4v) is 2.62. The van der Waals surface area contributed by atoms with E-state index >= 15 is 0 Å². The Balaban J connectivity index is 1.97. The van der Waals surface area contributed by atoms with Gasteiger partial charge in [0.2, 0.25) is 0 Å².